The molecular formula is C50H57F3N8O4S2. The highest BCUT2D eigenvalue weighted by Crippen LogP contribution is 2.43. The quantitative estimate of drug-likeness (QED) is 0.0882. The second-order valence-corrected chi connectivity index (χ2v) is 20.7. The van der Waals surface area contributed by atoms with Crippen LogP contribution in [0.4, 0.5) is 19.0 Å². The van der Waals surface area contributed by atoms with Gasteiger partial charge in [-0.3, -0.25) is 34.3 Å². The predicted molar refractivity (Wildman–Crippen MR) is 255 cm³/mol. The number of fused-ring (bicyclic) bond motifs is 2. The number of hydrogen-bond acceptors (Lipinski definition) is 13. The monoisotopic (exact) mass is 954 g/mol. The lowest BCUT2D eigenvalue weighted by atomic mass is 9.79. The zero-order valence-corrected chi connectivity index (χ0v) is 39.2. The lowest BCUT2D eigenvalue weighted by Crippen LogP contribution is -2.62. The molecule has 354 valence electrons. The number of carbonyl (C=O) groups is 2. The number of aliphatic hydroxyl groups is 2. The van der Waals surface area contributed by atoms with Gasteiger partial charge in [0, 0.05) is 92.4 Å². The third-order valence-corrected chi connectivity index (χ3v) is 16.2. The Hall–Kier alpha value is -4.91. The minimum Gasteiger partial charge on any atom is -0.384 e. The number of amides is 1. The van der Waals surface area contributed by atoms with Crippen LogP contribution in [0.1, 0.15) is 90.8 Å². The topological polar surface area (TPSA) is 157 Å². The van der Waals surface area contributed by atoms with Crippen LogP contribution in [-0.2, 0) is 33.4 Å². The van der Waals surface area contributed by atoms with Crippen molar-refractivity contribution >= 4 is 61.7 Å². The first kappa shape index (κ1) is 47.2. The van der Waals surface area contributed by atoms with Gasteiger partial charge in [0.15, 0.2) is 5.78 Å². The number of anilines is 1. The molecule has 17 heteroatoms. The van der Waals surface area contributed by atoms with Gasteiger partial charge in [0.2, 0.25) is 5.91 Å². The number of Topliss-reactive ketones (excluding diaryl/α,β-unsaturated/α-hetero) is 1. The highest BCUT2D eigenvalue weighted by Gasteiger charge is 2.42. The second-order valence-electron chi connectivity index (χ2n) is 19.0. The van der Waals surface area contributed by atoms with Gasteiger partial charge < -0.3 is 20.8 Å². The highest BCUT2D eigenvalue weighted by atomic mass is 32.1. The van der Waals surface area contributed by atoms with Gasteiger partial charge in [-0.1, -0.05) is 23.8 Å². The van der Waals surface area contributed by atoms with Crippen LogP contribution in [0, 0.1) is 12.8 Å². The van der Waals surface area contributed by atoms with Crippen molar-refractivity contribution in [3.63, 3.8) is 0 Å². The van der Waals surface area contributed by atoms with Crippen molar-refractivity contribution in [1.82, 2.24) is 35.1 Å². The van der Waals surface area contributed by atoms with E-state index in [0.29, 0.717) is 42.1 Å². The number of hydrogen-bond donors (Lipinski definition) is 4. The normalized spacial score (nSPS) is 24.1. The summed E-state index contributed by atoms with van der Waals surface area (Å²) < 4.78 is 39.3. The number of rotatable bonds is 13. The second kappa shape index (κ2) is 20.0. The molecule has 6 heterocycles. The summed E-state index contributed by atoms with van der Waals surface area (Å²) in [4.78, 5) is 48.7. The maximum Gasteiger partial charge on any atom is 0.416 e. The van der Waals surface area contributed by atoms with Crippen LogP contribution in [0.2, 0.25) is 0 Å². The summed E-state index contributed by atoms with van der Waals surface area (Å²) >= 11 is 3.04. The van der Waals surface area contributed by atoms with Crippen LogP contribution in [-0.4, -0.2) is 102 Å². The molecule has 0 bridgehead atoms. The minimum atomic E-state index is -4.44. The van der Waals surface area contributed by atoms with Crippen molar-refractivity contribution in [2.24, 2.45) is 5.92 Å². The van der Waals surface area contributed by atoms with E-state index in [9.17, 15) is 33.0 Å². The number of nitrogens with zero attached hydrogens (tertiary/aromatic N) is 6. The first-order valence-electron chi connectivity index (χ1n) is 23.3. The molecule has 6 aromatic rings. The molecule has 10 rings (SSSR count). The lowest BCUT2D eigenvalue weighted by molar-refractivity contribution is -0.137. The van der Waals surface area contributed by atoms with Gasteiger partial charge in [-0.2, -0.15) is 13.2 Å². The number of carbonyl (C=O) groups excluding carboxylic acids is 2. The third-order valence-electron chi connectivity index (χ3n) is 14.3. The number of aryl methyl sites for hydroxylation is 2. The van der Waals surface area contributed by atoms with E-state index in [1.807, 2.05) is 12.3 Å². The summed E-state index contributed by atoms with van der Waals surface area (Å²) in [5, 5.41) is 31.3. The number of halogens is 3. The molecule has 2 saturated carbocycles. The lowest BCUT2D eigenvalue weighted by Gasteiger charge is -2.48. The molecule has 0 radical (unpaired) electrons. The summed E-state index contributed by atoms with van der Waals surface area (Å²) in [6, 6.07) is 14.7. The number of aromatic nitrogens is 4. The van der Waals surface area contributed by atoms with Gasteiger partial charge in [-0.05, 0) is 112 Å². The fourth-order valence-corrected chi connectivity index (χ4v) is 11.9. The van der Waals surface area contributed by atoms with Crippen molar-refractivity contribution in [2.45, 2.75) is 113 Å². The van der Waals surface area contributed by atoms with E-state index >= 15 is 0 Å². The number of nitrogens with one attached hydrogen (secondary N) is 2. The largest absolute Gasteiger partial charge is 0.416 e. The molecule has 2 aliphatic carbocycles. The van der Waals surface area contributed by atoms with Crippen molar-refractivity contribution in [3.05, 3.63) is 111 Å². The molecule has 2 aliphatic heterocycles. The summed E-state index contributed by atoms with van der Waals surface area (Å²) in [5.74, 6) is 0.685. The molecule has 0 spiro atoms. The Balaban J connectivity index is 0.000000169. The van der Waals surface area contributed by atoms with Crippen LogP contribution in [0.15, 0.2) is 84.3 Å². The molecule has 0 atom stereocenters. The van der Waals surface area contributed by atoms with E-state index in [-0.39, 0.29) is 36.0 Å². The number of benzene rings is 2. The number of likely N-dealkylation sites (tertiary alicyclic amines) is 2. The SMILES string of the molecule is Cc1ccc2ccnc(CCC(=O)NC3CN(C4CCC(O)(c5cncs5)CC4)C3)c2c1.O=C(CNc1nccc2ccc(C(F)(F)F)cc12)CC1CN(C2CCC(O)(c3cncs3)CC2)C1. The molecular weight excluding hydrogens is 898 g/mol. The van der Waals surface area contributed by atoms with Gasteiger partial charge in [0.25, 0.3) is 0 Å². The standard InChI is InChI=1S/C25H27F3N4O2S.C25H30N4O2S/c26-25(27,28)18-2-1-17-5-8-30-23(21(17)10-18)31-11-20(33)9-16-13-32(14-16)19-3-6-24(34,7-4-19)22-12-29-15-35-22;1-17-2-3-18-8-11-27-22(21(18)12-17)4-5-24(30)28-19-14-29(15-19)20-6-9-25(31,10-7-20)23-13-26-16-32-23/h1-2,5,8,10,12,15-16,19,34H,3-4,6-7,9,11,13-14H2,(H,30,31);2-3,8,11-13,16,19-20,31H,4-7,9-10,14-15H2,1H3,(H,28,30). The van der Waals surface area contributed by atoms with Crippen LogP contribution in [0.5, 0.6) is 0 Å². The molecule has 2 saturated heterocycles. The Labute approximate surface area is 396 Å². The zero-order valence-electron chi connectivity index (χ0n) is 37.6. The van der Waals surface area contributed by atoms with E-state index in [1.54, 1.807) is 40.8 Å². The average Bonchev–Trinajstić information content (AvgIpc) is 4.05. The number of thiazole rings is 2. The third kappa shape index (κ3) is 11.0. The molecule has 2 aromatic carbocycles. The van der Waals surface area contributed by atoms with Crippen molar-refractivity contribution < 1.29 is 33.0 Å². The summed E-state index contributed by atoms with van der Waals surface area (Å²) in [6.45, 7) is 5.64. The Morgan fingerprint density at radius 3 is 1.96 bits per heavy atom. The van der Waals surface area contributed by atoms with Gasteiger partial charge in [0.05, 0.1) is 38.9 Å². The van der Waals surface area contributed by atoms with Crippen molar-refractivity contribution in [2.75, 3.05) is 38.0 Å². The fourth-order valence-electron chi connectivity index (χ4n) is 10.3. The Kier molecular flexibility index (Phi) is 14.1. The zero-order chi connectivity index (χ0) is 46.8. The maximum atomic E-state index is 13.1. The molecule has 67 heavy (non-hydrogen) atoms. The first-order valence-corrected chi connectivity index (χ1v) is 25.0. The van der Waals surface area contributed by atoms with Gasteiger partial charge in [-0.15, -0.1) is 22.7 Å². The highest BCUT2D eigenvalue weighted by molar-refractivity contribution is 7.10. The molecule has 0 unspecified atom stereocenters. The van der Waals surface area contributed by atoms with Crippen molar-refractivity contribution in [3.8, 4) is 0 Å². The first-order chi connectivity index (χ1) is 32.2. The summed E-state index contributed by atoms with van der Waals surface area (Å²) in [6.07, 6.45) is 10.8. The fraction of sp³-hybridized carbons (Fsp3) is 0.480. The Morgan fingerprint density at radius 1 is 0.776 bits per heavy atom. The molecule has 12 nitrogen and oxygen atoms in total. The van der Waals surface area contributed by atoms with Gasteiger partial charge >= 0.3 is 6.18 Å². The van der Waals surface area contributed by atoms with Gasteiger partial charge in [-0.25, -0.2) is 4.98 Å². The summed E-state index contributed by atoms with van der Waals surface area (Å²) in [5.41, 5.74) is 3.53. The number of ketones is 1. The number of alkyl halides is 3. The molecule has 4 aliphatic rings. The Bertz CT molecular complexity index is 2640. The van der Waals surface area contributed by atoms with Crippen LogP contribution in [0.25, 0.3) is 21.5 Å². The molecule has 1 amide bonds. The van der Waals surface area contributed by atoms with Gasteiger partial charge in [0.1, 0.15) is 17.0 Å². The molecule has 4 N–H and O–H groups in total. The average molecular weight is 955 g/mol. The van der Waals surface area contributed by atoms with E-state index in [0.717, 1.165) is 111 Å². The van der Waals surface area contributed by atoms with Crippen molar-refractivity contribution in [1.29, 1.82) is 0 Å². The van der Waals surface area contributed by atoms with E-state index < -0.39 is 22.9 Å². The number of pyridine rings is 2. The van der Waals surface area contributed by atoms with Crippen LogP contribution in [0.3, 0.4) is 0 Å². The Morgan fingerprint density at radius 2 is 1.36 bits per heavy atom. The smallest absolute Gasteiger partial charge is 0.384 e. The van der Waals surface area contributed by atoms with Crippen LogP contribution < -0.4 is 10.6 Å². The van der Waals surface area contributed by atoms with E-state index in [1.165, 1.54) is 34.5 Å². The minimum absolute atomic E-state index is 0.0173. The van der Waals surface area contributed by atoms with E-state index in [4.69, 9.17) is 0 Å². The van der Waals surface area contributed by atoms with E-state index in [2.05, 4.69) is 65.5 Å². The molecule has 4 aromatic heterocycles. The van der Waals surface area contributed by atoms with Crippen LogP contribution >= 0.6 is 22.7 Å². The summed E-state index contributed by atoms with van der Waals surface area (Å²) in [7, 11) is 0. The molecule has 4 fully saturated rings. The maximum absolute atomic E-state index is 13.1. The predicted octanol–water partition coefficient (Wildman–Crippen LogP) is 8.41.